The number of rotatable bonds is 4. The first-order chi connectivity index (χ1) is 14.0. The van der Waals surface area contributed by atoms with Crippen LogP contribution in [0.4, 0.5) is 17.6 Å². The molecule has 0 bridgehead atoms. The molecule has 2 aliphatic rings. The van der Waals surface area contributed by atoms with E-state index in [0.717, 1.165) is 42.0 Å². The van der Waals surface area contributed by atoms with Gasteiger partial charge in [0.1, 0.15) is 5.82 Å². The number of aryl methyl sites for hydroxylation is 1. The third-order valence-corrected chi connectivity index (χ3v) is 6.62. The smallest absolute Gasteiger partial charge is 0.194 e. The second kappa shape index (κ2) is 8.33. The molecule has 1 fully saturated rings. The highest BCUT2D eigenvalue weighted by molar-refractivity contribution is 5.70. The molecule has 2 aromatic carbocycles. The van der Waals surface area contributed by atoms with E-state index in [1.807, 2.05) is 0 Å². The number of hydrogen-bond acceptors (Lipinski definition) is 0. The molecule has 0 amide bonds. The summed E-state index contributed by atoms with van der Waals surface area (Å²) in [5.41, 5.74) is 3.35. The molecule has 29 heavy (non-hydrogen) atoms. The molecule has 0 unspecified atom stereocenters. The summed E-state index contributed by atoms with van der Waals surface area (Å²) in [6.07, 6.45) is 11.4. The van der Waals surface area contributed by atoms with Crippen molar-refractivity contribution < 1.29 is 17.6 Å². The van der Waals surface area contributed by atoms with Gasteiger partial charge in [-0.3, -0.25) is 0 Å². The molecule has 0 saturated heterocycles. The van der Waals surface area contributed by atoms with Crippen molar-refractivity contribution in [3.05, 3.63) is 64.2 Å². The Kier molecular flexibility index (Phi) is 5.80. The summed E-state index contributed by atoms with van der Waals surface area (Å²) >= 11 is 0. The van der Waals surface area contributed by atoms with Gasteiger partial charge in [0, 0.05) is 5.56 Å². The molecule has 154 valence electrons. The predicted molar refractivity (Wildman–Crippen MR) is 108 cm³/mol. The molecule has 0 heterocycles. The van der Waals surface area contributed by atoms with Crippen molar-refractivity contribution in [2.45, 2.75) is 58.3 Å². The van der Waals surface area contributed by atoms with Crippen molar-refractivity contribution in [2.75, 3.05) is 0 Å². The Morgan fingerprint density at radius 2 is 1.52 bits per heavy atom. The van der Waals surface area contributed by atoms with Crippen molar-refractivity contribution in [2.24, 2.45) is 11.8 Å². The molecule has 4 heteroatoms. The van der Waals surface area contributed by atoms with Crippen molar-refractivity contribution in [1.82, 2.24) is 0 Å². The lowest BCUT2D eigenvalue weighted by molar-refractivity contribution is 0.283. The largest absolute Gasteiger partial charge is 0.206 e. The average Bonchev–Trinajstić information content (AvgIpc) is 2.71. The van der Waals surface area contributed by atoms with Crippen LogP contribution >= 0.6 is 0 Å². The molecule has 2 aliphatic carbocycles. The Morgan fingerprint density at radius 3 is 2.17 bits per heavy atom. The van der Waals surface area contributed by atoms with Crippen LogP contribution in [-0.2, 0) is 6.42 Å². The molecular formula is C25H26F4. The third kappa shape index (κ3) is 4.12. The second-order valence-corrected chi connectivity index (χ2v) is 8.51. The highest BCUT2D eigenvalue weighted by atomic mass is 19.2. The lowest BCUT2D eigenvalue weighted by atomic mass is 9.74. The molecule has 0 nitrogen and oxygen atoms in total. The maximum Gasteiger partial charge on any atom is 0.194 e. The van der Waals surface area contributed by atoms with E-state index in [2.05, 4.69) is 13.0 Å². The summed E-state index contributed by atoms with van der Waals surface area (Å²) in [5.74, 6) is -3.26. The standard InChI is InChI=1S/C25H26F4/c1-2-3-15-4-6-16(7-5-15)17-8-9-18-11-21(22(26)12-19(18)10-17)20-13-23(27)25(29)24(28)14-20/h10-16H,2-9H2,1H3. The van der Waals surface area contributed by atoms with Gasteiger partial charge >= 0.3 is 0 Å². The van der Waals surface area contributed by atoms with E-state index in [-0.39, 0.29) is 11.1 Å². The van der Waals surface area contributed by atoms with Crippen LogP contribution in [0.1, 0.15) is 63.0 Å². The zero-order valence-corrected chi connectivity index (χ0v) is 16.7. The first kappa shape index (κ1) is 20.2. The van der Waals surface area contributed by atoms with Crippen LogP contribution in [0.25, 0.3) is 17.2 Å². The van der Waals surface area contributed by atoms with Crippen molar-refractivity contribution >= 4 is 6.08 Å². The molecule has 4 rings (SSSR count). The molecule has 2 aromatic rings. The van der Waals surface area contributed by atoms with Gasteiger partial charge in [-0.25, -0.2) is 17.6 Å². The van der Waals surface area contributed by atoms with E-state index in [9.17, 15) is 17.6 Å². The van der Waals surface area contributed by atoms with Gasteiger partial charge in [-0.2, -0.15) is 0 Å². The minimum atomic E-state index is -1.53. The lowest BCUT2D eigenvalue weighted by Gasteiger charge is -2.32. The Balaban J connectivity index is 1.59. The fraction of sp³-hybridized carbons (Fsp3) is 0.440. The molecule has 0 aromatic heterocycles. The fourth-order valence-electron chi connectivity index (χ4n) is 5.02. The Labute approximate surface area is 169 Å². The summed E-state index contributed by atoms with van der Waals surface area (Å²) in [6, 6.07) is 4.80. The van der Waals surface area contributed by atoms with Gasteiger partial charge in [0.25, 0.3) is 0 Å². The van der Waals surface area contributed by atoms with E-state index < -0.39 is 23.3 Å². The zero-order chi connectivity index (χ0) is 20.5. The number of fused-ring (bicyclic) bond motifs is 1. The summed E-state index contributed by atoms with van der Waals surface area (Å²) in [4.78, 5) is 0. The lowest BCUT2D eigenvalue weighted by Crippen LogP contribution is -2.18. The Hall–Kier alpha value is -2.10. The number of hydrogen-bond donors (Lipinski definition) is 0. The third-order valence-electron chi connectivity index (χ3n) is 6.62. The van der Waals surface area contributed by atoms with Crippen LogP contribution in [0.5, 0.6) is 0 Å². The minimum Gasteiger partial charge on any atom is -0.206 e. The van der Waals surface area contributed by atoms with E-state index >= 15 is 0 Å². The zero-order valence-electron chi connectivity index (χ0n) is 16.7. The van der Waals surface area contributed by atoms with E-state index in [1.54, 1.807) is 6.07 Å². The summed E-state index contributed by atoms with van der Waals surface area (Å²) in [7, 11) is 0. The highest BCUT2D eigenvalue weighted by Crippen LogP contribution is 2.40. The van der Waals surface area contributed by atoms with Gasteiger partial charge < -0.3 is 0 Å². The van der Waals surface area contributed by atoms with Gasteiger partial charge in [-0.15, -0.1) is 0 Å². The molecule has 0 aliphatic heterocycles. The van der Waals surface area contributed by atoms with E-state index in [4.69, 9.17) is 0 Å². The second-order valence-electron chi connectivity index (χ2n) is 8.51. The van der Waals surface area contributed by atoms with E-state index in [0.29, 0.717) is 5.92 Å². The molecular weight excluding hydrogens is 376 g/mol. The SMILES string of the molecule is CCCC1CCC(C2=Cc3cc(F)c(-c4cc(F)c(F)c(F)c4)cc3CC2)CC1. The normalized spacial score (nSPS) is 21.6. The maximum atomic E-state index is 14.8. The number of benzene rings is 2. The van der Waals surface area contributed by atoms with Crippen molar-refractivity contribution in [1.29, 1.82) is 0 Å². The quantitative estimate of drug-likeness (QED) is 0.361. The first-order valence-electron chi connectivity index (χ1n) is 10.6. The van der Waals surface area contributed by atoms with Crippen molar-refractivity contribution in [3.63, 3.8) is 0 Å². The number of allylic oxidation sites excluding steroid dienone is 1. The van der Waals surface area contributed by atoms with Crippen LogP contribution in [-0.4, -0.2) is 0 Å². The molecule has 1 saturated carbocycles. The molecule has 0 atom stereocenters. The highest BCUT2D eigenvalue weighted by Gasteiger charge is 2.25. The van der Waals surface area contributed by atoms with Crippen LogP contribution < -0.4 is 0 Å². The van der Waals surface area contributed by atoms with Gasteiger partial charge in [0.15, 0.2) is 17.5 Å². The summed E-state index contributed by atoms with van der Waals surface area (Å²) < 4.78 is 55.2. The number of halogens is 4. The average molecular weight is 402 g/mol. The summed E-state index contributed by atoms with van der Waals surface area (Å²) in [6.45, 7) is 2.24. The maximum absolute atomic E-state index is 14.8. The van der Waals surface area contributed by atoms with Gasteiger partial charge in [0.2, 0.25) is 0 Å². The van der Waals surface area contributed by atoms with Gasteiger partial charge in [-0.05, 0) is 91.3 Å². The molecule has 0 radical (unpaired) electrons. The van der Waals surface area contributed by atoms with Crippen LogP contribution in [0.15, 0.2) is 29.8 Å². The van der Waals surface area contributed by atoms with Crippen molar-refractivity contribution in [3.8, 4) is 11.1 Å². The summed E-state index contributed by atoms with van der Waals surface area (Å²) in [5, 5.41) is 0. The van der Waals surface area contributed by atoms with Gasteiger partial charge in [-0.1, -0.05) is 31.4 Å². The topological polar surface area (TPSA) is 0 Å². The molecule has 0 spiro atoms. The monoisotopic (exact) mass is 402 g/mol. The minimum absolute atomic E-state index is 0.0192. The predicted octanol–water partition coefficient (Wildman–Crippen LogP) is 7.85. The Morgan fingerprint density at radius 1 is 0.828 bits per heavy atom. The first-order valence-corrected chi connectivity index (χ1v) is 10.6. The Bertz CT molecular complexity index is 913. The van der Waals surface area contributed by atoms with E-state index in [1.165, 1.54) is 50.2 Å². The van der Waals surface area contributed by atoms with Crippen LogP contribution in [0.2, 0.25) is 0 Å². The van der Waals surface area contributed by atoms with Crippen LogP contribution in [0.3, 0.4) is 0 Å². The molecule has 0 N–H and O–H groups in total. The van der Waals surface area contributed by atoms with Gasteiger partial charge in [0.05, 0.1) is 0 Å². The fourth-order valence-corrected chi connectivity index (χ4v) is 5.02. The van der Waals surface area contributed by atoms with Crippen LogP contribution in [0, 0.1) is 35.1 Å².